The molecule has 0 aromatic heterocycles. The number of hydrogen-bond donors (Lipinski definition) is 0. The van der Waals surface area contributed by atoms with Crippen LogP contribution in [0.5, 0.6) is 5.75 Å². The second-order valence-electron chi connectivity index (χ2n) is 15.8. The minimum Gasteiger partial charge on any atom is -0.488 e. The maximum absolute atomic E-state index is 6.26. The first-order valence-corrected chi connectivity index (χ1v) is 20.6. The molecule has 9 rings (SSSR count). The van der Waals surface area contributed by atoms with Crippen LogP contribution in [0.15, 0.2) is 195 Å². The van der Waals surface area contributed by atoms with Gasteiger partial charge in [-0.05, 0) is 98.1 Å². The highest BCUT2D eigenvalue weighted by molar-refractivity contribution is 5.88. The number of allylic oxidation sites excluding steroid dienone is 4. The van der Waals surface area contributed by atoms with Gasteiger partial charge in [0.15, 0.2) is 0 Å². The number of para-hydroxylation sites is 1. The summed E-state index contributed by atoms with van der Waals surface area (Å²) in [6, 6.07) is 58.7. The van der Waals surface area contributed by atoms with Crippen LogP contribution in [0.3, 0.4) is 0 Å². The van der Waals surface area contributed by atoms with Gasteiger partial charge in [0.05, 0.1) is 0 Å². The molecule has 2 heteroatoms. The molecule has 60 heavy (non-hydrogen) atoms. The number of ether oxygens (including phenoxy) is 1. The van der Waals surface area contributed by atoms with Crippen molar-refractivity contribution in [3.8, 4) is 16.9 Å². The molecule has 0 saturated carbocycles. The van der Waals surface area contributed by atoms with Crippen LogP contribution in [0, 0.1) is 0 Å². The molecular weight excluding hydrogens is 727 g/mol. The fraction of sp³-hybridized carbons (Fsp3) is 0.0690. The Balaban J connectivity index is 1.04. The van der Waals surface area contributed by atoms with Crippen LogP contribution in [-0.2, 0) is 5.41 Å². The molecule has 0 fully saturated rings. The van der Waals surface area contributed by atoms with Crippen molar-refractivity contribution in [2.75, 3.05) is 11.5 Å². The van der Waals surface area contributed by atoms with Crippen molar-refractivity contribution in [2.45, 2.75) is 19.3 Å². The molecular formula is C58H47NO. The lowest BCUT2D eigenvalue weighted by molar-refractivity contribution is 0.361. The van der Waals surface area contributed by atoms with Crippen LogP contribution in [0.4, 0.5) is 17.1 Å². The number of fused-ring (bicyclic) bond motifs is 4. The molecule has 0 saturated heterocycles. The van der Waals surface area contributed by atoms with Crippen LogP contribution in [0.25, 0.3) is 53.2 Å². The summed E-state index contributed by atoms with van der Waals surface area (Å²) in [5.74, 6) is 0.859. The highest BCUT2D eigenvalue weighted by atomic mass is 16.5. The van der Waals surface area contributed by atoms with Gasteiger partial charge in [-0.1, -0.05) is 203 Å². The van der Waals surface area contributed by atoms with Crippen molar-refractivity contribution in [2.24, 2.45) is 0 Å². The lowest BCUT2D eigenvalue weighted by Crippen LogP contribution is -2.16. The number of anilines is 3. The van der Waals surface area contributed by atoms with Crippen LogP contribution < -0.4 is 9.64 Å². The van der Waals surface area contributed by atoms with E-state index in [9.17, 15) is 0 Å². The molecule has 0 amide bonds. The second kappa shape index (κ2) is 16.8. The fourth-order valence-electron chi connectivity index (χ4n) is 8.23. The average Bonchev–Trinajstić information content (AvgIpc) is 3.56. The van der Waals surface area contributed by atoms with E-state index < -0.39 is 0 Å². The number of rotatable bonds is 9. The van der Waals surface area contributed by atoms with E-state index >= 15 is 0 Å². The van der Waals surface area contributed by atoms with E-state index in [-0.39, 0.29) is 5.41 Å². The third kappa shape index (κ3) is 8.01. The van der Waals surface area contributed by atoms with E-state index in [0.29, 0.717) is 6.61 Å². The average molecular weight is 774 g/mol. The molecule has 7 aromatic carbocycles. The Kier molecular flexibility index (Phi) is 10.7. The minimum atomic E-state index is -0.214. The van der Waals surface area contributed by atoms with Crippen molar-refractivity contribution in [1.29, 1.82) is 0 Å². The molecule has 2 aliphatic rings. The summed E-state index contributed by atoms with van der Waals surface area (Å²) in [5.41, 5.74) is 17.1. The molecule has 1 heterocycles. The molecule has 2 nitrogen and oxygen atoms in total. The Morgan fingerprint density at radius 1 is 0.483 bits per heavy atom. The molecule has 0 radical (unpaired) electrons. The minimum absolute atomic E-state index is 0.214. The molecule has 0 spiro atoms. The molecule has 0 unspecified atom stereocenters. The zero-order chi connectivity index (χ0) is 40.9. The molecule has 1 aliphatic carbocycles. The van der Waals surface area contributed by atoms with E-state index in [0.717, 1.165) is 56.2 Å². The van der Waals surface area contributed by atoms with E-state index in [4.69, 9.17) is 4.74 Å². The van der Waals surface area contributed by atoms with Crippen molar-refractivity contribution in [3.63, 3.8) is 0 Å². The maximum atomic E-state index is 6.26. The van der Waals surface area contributed by atoms with E-state index in [1.807, 2.05) is 36.4 Å². The van der Waals surface area contributed by atoms with Gasteiger partial charge in [0, 0.05) is 33.6 Å². The molecule has 0 bridgehead atoms. The predicted molar refractivity (Wildman–Crippen MR) is 258 cm³/mol. The summed E-state index contributed by atoms with van der Waals surface area (Å²) in [5, 5.41) is 0. The standard InChI is InChI=1S/C58H47NO/c1-42-14-7-6-12-39-60-57-48(19-13-20-52(42)57)31-25-47-30-37-53-54-38-36-51(41-56(54)58(2,3)55(53)40-47)59(49-32-26-45(27-33-49)23-21-43-15-8-4-9-16-43)50-34-28-46(29-35-50)24-22-44-17-10-5-11-18-44/h4-38,40-41H,1,39H2,2-3H3/b12-6-,14-7-,23-21+,24-22+,31-25+. The molecule has 290 valence electrons. The molecule has 1 aliphatic heterocycles. The van der Waals surface area contributed by atoms with Gasteiger partial charge < -0.3 is 9.64 Å². The third-order valence-corrected chi connectivity index (χ3v) is 11.5. The zero-order valence-electron chi connectivity index (χ0n) is 34.1. The number of hydrogen-bond acceptors (Lipinski definition) is 2. The Labute approximate surface area is 354 Å². The largest absolute Gasteiger partial charge is 0.488 e. The molecule has 7 aromatic rings. The van der Waals surface area contributed by atoms with Gasteiger partial charge >= 0.3 is 0 Å². The summed E-state index contributed by atoms with van der Waals surface area (Å²) in [7, 11) is 0. The smallest absolute Gasteiger partial charge is 0.134 e. The van der Waals surface area contributed by atoms with Crippen molar-refractivity contribution in [1.82, 2.24) is 0 Å². The summed E-state index contributed by atoms with van der Waals surface area (Å²) in [6.07, 6.45) is 21.1. The highest BCUT2D eigenvalue weighted by Gasteiger charge is 2.36. The highest BCUT2D eigenvalue weighted by Crippen LogP contribution is 2.51. The van der Waals surface area contributed by atoms with Gasteiger partial charge in [-0.15, -0.1) is 0 Å². The van der Waals surface area contributed by atoms with Crippen LogP contribution in [-0.4, -0.2) is 6.61 Å². The van der Waals surface area contributed by atoms with Crippen molar-refractivity contribution in [3.05, 3.63) is 245 Å². The first kappa shape index (κ1) is 38.1. The summed E-state index contributed by atoms with van der Waals surface area (Å²) in [4.78, 5) is 2.37. The van der Waals surface area contributed by atoms with Gasteiger partial charge in [-0.3, -0.25) is 0 Å². The number of nitrogens with zero attached hydrogens (tertiary/aromatic N) is 1. The van der Waals surface area contributed by atoms with E-state index in [2.05, 4.69) is 213 Å². The first-order valence-electron chi connectivity index (χ1n) is 20.6. The lowest BCUT2D eigenvalue weighted by atomic mass is 9.81. The third-order valence-electron chi connectivity index (χ3n) is 11.5. The SMILES string of the molecule is C=C1/C=C\C=C/COc2c(/C=C/c3ccc4c(c3)C(C)(C)c3cc(N(c5ccc(/C=C/c6ccccc6)cc5)c5ccc(/C=C/c6ccccc6)cc5)ccc3-4)cccc21. The molecule has 0 N–H and O–H groups in total. The van der Waals surface area contributed by atoms with Gasteiger partial charge in [0.1, 0.15) is 12.4 Å². The lowest BCUT2D eigenvalue weighted by Gasteiger charge is -2.28. The Bertz CT molecular complexity index is 2720. The fourth-order valence-corrected chi connectivity index (χ4v) is 8.23. The van der Waals surface area contributed by atoms with Gasteiger partial charge in [0.2, 0.25) is 0 Å². The van der Waals surface area contributed by atoms with Crippen molar-refractivity contribution < 1.29 is 4.74 Å². The molecule has 0 atom stereocenters. The van der Waals surface area contributed by atoms with Crippen molar-refractivity contribution >= 4 is 59.1 Å². The summed E-state index contributed by atoms with van der Waals surface area (Å²) >= 11 is 0. The van der Waals surface area contributed by atoms with Gasteiger partial charge in [0.25, 0.3) is 0 Å². The van der Waals surface area contributed by atoms with Crippen LogP contribution in [0.2, 0.25) is 0 Å². The normalized spacial score (nSPS) is 15.1. The second-order valence-corrected chi connectivity index (χ2v) is 15.8. The Morgan fingerprint density at radius 3 is 1.62 bits per heavy atom. The zero-order valence-corrected chi connectivity index (χ0v) is 34.1. The predicted octanol–water partition coefficient (Wildman–Crippen LogP) is 15.5. The first-order chi connectivity index (χ1) is 29.4. The van der Waals surface area contributed by atoms with Crippen LogP contribution in [0.1, 0.15) is 63.9 Å². The number of benzene rings is 7. The van der Waals surface area contributed by atoms with E-state index in [1.165, 1.54) is 33.4 Å². The van der Waals surface area contributed by atoms with Gasteiger partial charge in [-0.25, -0.2) is 0 Å². The Morgan fingerprint density at radius 2 is 1.00 bits per heavy atom. The topological polar surface area (TPSA) is 12.5 Å². The maximum Gasteiger partial charge on any atom is 0.134 e. The quantitative estimate of drug-likeness (QED) is 0.136. The summed E-state index contributed by atoms with van der Waals surface area (Å²) < 4.78 is 6.26. The van der Waals surface area contributed by atoms with Gasteiger partial charge in [-0.2, -0.15) is 0 Å². The van der Waals surface area contributed by atoms with Crippen LogP contribution >= 0.6 is 0 Å². The van der Waals surface area contributed by atoms with E-state index in [1.54, 1.807) is 0 Å². The monoisotopic (exact) mass is 773 g/mol. The summed E-state index contributed by atoms with van der Waals surface area (Å²) in [6.45, 7) is 9.50. The Hall–Kier alpha value is -7.42.